The number of rotatable bonds is 2. The van der Waals surface area contributed by atoms with Crippen LogP contribution in [-0.4, -0.2) is 5.91 Å². The topological polar surface area (TPSA) is 29.1 Å². The summed E-state index contributed by atoms with van der Waals surface area (Å²) >= 11 is 3.16. The summed E-state index contributed by atoms with van der Waals surface area (Å²) < 4.78 is 14.2. The third-order valence-electron chi connectivity index (χ3n) is 2.61. The molecule has 18 heavy (non-hydrogen) atoms. The zero-order chi connectivity index (χ0) is 14.1. The summed E-state index contributed by atoms with van der Waals surface area (Å²) in [6, 6.07) is 1.68. The van der Waals surface area contributed by atoms with Crippen LogP contribution in [0.5, 0.6) is 0 Å². The fraction of sp³-hybridized carbons (Fsp3) is 0.500. The van der Waals surface area contributed by atoms with E-state index in [0.717, 1.165) is 5.56 Å². The monoisotopic (exact) mass is 315 g/mol. The second-order valence-electron chi connectivity index (χ2n) is 5.77. The molecule has 1 rings (SSSR count). The Bertz CT molecular complexity index is 478. The Balaban J connectivity index is 2.99. The summed E-state index contributed by atoms with van der Waals surface area (Å²) in [5.41, 5.74) is 1.80. The van der Waals surface area contributed by atoms with Crippen LogP contribution < -0.4 is 5.32 Å². The Morgan fingerprint density at radius 1 is 1.39 bits per heavy atom. The van der Waals surface area contributed by atoms with Gasteiger partial charge in [-0.25, -0.2) is 4.39 Å². The van der Waals surface area contributed by atoms with Gasteiger partial charge in [-0.05, 0) is 46.8 Å². The standard InChI is InChI=1S/C14H19BrFNO/c1-8-6-10(15)12(16)9(2)13(8)17-11(18)7-14(3,4)5/h6H,7H2,1-5H3,(H,17,18). The number of anilines is 1. The molecule has 0 aliphatic rings. The van der Waals surface area contributed by atoms with Crippen molar-refractivity contribution < 1.29 is 9.18 Å². The molecule has 0 bridgehead atoms. The van der Waals surface area contributed by atoms with Crippen molar-refractivity contribution in [1.82, 2.24) is 0 Å². The fourth-order valence-electron chi connectivity index (χ4n) is 1.77. The van der Waals surface area contributed by atoms with Crippen LogP contribution in [0, 0.1) is 25.1 Å². The van der Waals surface area contributed by atoms with Gasteiger partial charge in [0.2, 0.25) is 5.91 Å². The second-order valence-corrected chi connectivity index (χ2v) is 6.63. The first-order chi connectivity index (χ1) is 8.11. The molecular formula is C14H19BrFNO. The molecule has 0 aliphatic heterocycles. The third-order valence-corrected chi connectivity index (χ3v) is 3.18. The van der Waals surface area contributed by atoms with E-state index >= 15 is 0 Å². The lowest BCUT2D eigenvalue weighted by Gasteiger charge is -2.19. The Morgan fingerprint density at radius 2 is 1.94 bits per heavy atom. The molecule has 0 radical (unpaired) electrons. The van der Waals surface area contributed by atoms with Gasteiger partial charge in [0, 0.05) is 17.7 Å². The first kappa shape index (κ1) is 15.2. The molecule has 0 aliphatic carbocycles. The molecule has 4 heteroatoms. The Kier molecular flexibility index (Phi) is 4.54. The average Bonchev–Trinajstić information content (AvgIpc) is 2.19. The smallest absolute Gasteiger partial charge is 0.224 e. The second kappa shape index (κ2) is 5.39. The van der Waals surface area contributed by atoms with Crippen molar-refractivity contribution in [1.29, 1.82) is 0 Å². The van der Waals surface area contributed by atoms with Crippen molar-refractivity contribution in [2.45, 2.75) is 41.0 Å². The van der Waals surface area contributed by atoms with Gasteiger partial charge in [-0.2, -0.15) is 0 Å². The minimum Gasteiger partial charge on any atom is -0.325 e. The number of aryl methyl sites for hydroxylation is 1. The summed E-state index contributed by atoms with van der Waals surface area (Å²) in [4.78, 5) is 11.9. The summed E-state index contributed by atoms with van der Waals surface area (Å²) in [7, 11) is 0. The molecule has 1 aromatic rings. The highest BCUT2D eigenvalue weighted by atomic mass is 79.9. The lowest BCUT2D eigenvalue weighted by Crippen LogP contribution is -2.20. The van der Waals surface area contributed by atoms with Crippen LogP contribution in [0.1, 0.15) is 38.3 Å². The molecule has 0 aromatic heterocycles. The van der Waals surface area contributed by atoms with E-state index < -0.39 is 0 Å². The van der Waals surface area contributed by atoms with Gasteiger partial charge in [-0.1, -0.05) is 20.8 Å². The summed E-state index contributed by atoms with van der Waals surface area (Å²) in [6.45, 7) is 9.50. The van der Waals surface area contributed by atoms with Crippen LogP contribution in [0.2, 0.25) is 0 Å². The number of benzene rings is 1. The number of nitrogens with one attached hydrogen (secondary N) is 1. The highest BCUT2D eigenvalue weighted by molar-refractivity contribution is 9.10. The maximum Gasteiger partial charge on any atom is 0.224 e. The van der Waals surface area contributed by atoms with Crippen molar-refractivity contribution in [3.8, 4) is 0 Å². The lowest BCUT2D eigenvalue weighted by atomic mass is 9.92. The summed E-state index contributed by atoms with van der Waals surface area (Å²) in [6.07, 6.45) is 0.406. The van der Waals surface area contributed by atoms with E-state index in [4.69, 9.17) is 0 Å². The quantitative estimate of drug-likeness (QED) is 0.850. The summed E-state index contributed by atoms with van der Waals surface area (Å²) in [5.74, 6) is -0.415. The van der Waals surface area contributed by atoms with Gasteiger partial charge in [0.25, 0.3) is 0 Å². The number of amides is 1. The van der Waals surface area contributed by atoms with Gasteiger partial charge in [0.1, 0.15) is 5.82 Å². The largest absolute Gasteiger partial charge is 0.325 e. The zero-order valence-electron chi connectivity index (χ0n) is 11.4. The highest BCUT2D eigenvalue weighted by Crippen LogP contribution is 2.30. The van der Waals surface area contributed by atoms with E-state index in [1.54, 1.807) is 13.0 Å². The molecule has 1 amide bonds. The molecule has 0 atom stereocenters. The SMILES string of the molecule is Cc1cc(Br)c(F)c(C)c1NC(=O)CC(C)(C)C. The maximum atomic E-state index is 13.8. The molecular weight excluding hydrogens is 297 g/mol. The molecule has 1 N–H and O–H groups in total. The van der Waals surface area contributed by atoms with Crippen molar-refractivity contribution in [3.05, 3.63) is 27.5 Å². The van der Waals surface area contributed by atoms with Gasteiger partial charge in [0.15, 0.2) is 0 Å². The first-order valence-corrected chi connectivity index (χ1v) is 6.66. The van der Waals surface area contributed by atoms with Crippen LogP contribution in [0.4, 0.5) is 10.1 Å². The molecule has 1 aromatic carbocycles. The number of carbonyl (C=O) groups excluding carboxylic acids is 1. The normalized spacial score (nSPS) is 11.5. The lowest BCUT2D eigenvalue weighted by molar-refractivity contribution is -0.117. The maximum absolute atomic E-state index is 13.8. The number of hydrogen-bond donors (Lipinski definition) is 1. The average molecular weight is 316 g/mol. The predicted molar refractivity (Wildman–Crippen MR) is 76.3 cm³/mol. The molecule has 0 unspecified atom stereocenters. The van der Waals surface area contributed by atoms with Crippen molar-refractivity contribution >= 4 is 27.5 Å². The fourth-order valence-corrected chi connectivity index (χ4v) is 2.41. The molecule has 2 nitrogen and oxygen atoms in total. The van der Waals surface area contributed by atoms with Crippen LogP contribution in [0.25, 0.3) is 0 Å². The molecule has 0 spiro atoms. The van der Waals surface area contributed by atoms with Crippen molar-refractivity contribution in [2.24, 2.45) is 5.41 Å². The van der Waals surface area contributed by atoms with Gasteiger partial charge < -0.3 is 5.32 Å². The Hall–Kier alpha value is -0.900. The van der Waals surface area contributed by atoms with Gasteiger partial charge in [-0.15, -0.1) is 0 Å². The molecule has 100 valence electrons. The summed E-state index contributed by atoms with van der Waals surface area (Å²) in [5, 5.41) is 2.80. The number of carbonyl (C=O) groups is 1. The number of hydrogen-bond acceptors (Lipinski definition) is 1. The number of halogens is 2. The van der Waals surface area contributed by atoms with Crippen molar-refractivity contribution in [2.75, 3.05) is 5.32 Å². The zero-order valence-corrected chi connectivity index (χ0v) is 13.0. The molecule has 0 fully saturated rings. The van der Waals surface area contributed by atoms with E-state index in [0.29, 0.717) is 22.1 Å². The van der Waals surface area contributed by atoms with Crippen molar-refractivity contribution in [3.63, 3.8) is 0 Å². The molecule has 0 saturated heterocycles. The minimum atomic E-state index is -0.327. The third kappa shape index (κ3) is 3.80. The molecule has 0 saturated carbocycles. The van der Waals surface area contributed by atoms with Crippen LogP contribution in [-0.2, 0) is 4.79 Å². The molecule has 0 heterocycles. The Morgan fingerprint density at radius 3 is 2.44 bits per heavy atom. The first-order valence-electron chi connectivity index (χ1n) is 5.87. The predicted octanol–water partition coefficient (Wildman–Crippen LogP) is 4.58. The van der Waals surface area contributed by atoms with Crippen LogP contribution in [0.3, 0.4) is 0 Å². The van der Waals surface area contributed by atoms with Gasteiger partial charge in [0.05, 0.1) is 4.47 Å². The van der Waals surface area contributed by atoms with Gasteiger partial charge >= 0.3 is 0 Å². The minimum absolute atomic E-state index is 0.0835. The van der Waals surface area contributed by atoms with E-state index in [-0.39, 0.29) is 17.1 Å². The van der Waals surface area contributed by atoms with E-state index in [1.165, 1.54) is 0 Å². The van der Waals surface area contributed by atoms with Crippen LogP contribution >= 0.6 is 15.9 Å². The van der Waals surface area contributed by atoms with E-state index in [9.17, 15) is 9.18 Å². The van der Waals surface area contributed by atoms with E-state index in [2.05, 4.69) is 21.2 Å². The highest BCUT2D eigenvalue weighted by Gasteiger charge is 2.18. The van der Waals surface area contributed by atoms with Crippen LogP contribution in [0.15, 0.2) is 10.5 Å². The van der Waals surface area contributed by atoms with E-state index in [1.807, 2.05) is 27.7 Å². The Labute approximate surface area is 116 Å². The van der Waals surface area contributed by atoms with Gasteiger partial charge in [-0.3, -0.25) is 4.79 Å².